The van der Waals surface area contributed by atoms with E-state index in [1.807, 2.05) is 0 Å². The van der Waals surface area contributed by atoms with E-state index in [9.17, 15) is 4.79 Å². The Morgan fingerprint density at radius 1 is 1.67 bits per heavy atom. The van der Waals surface area contributed by atoms with E-state index in [0.717, 1.165) is 18.5 Å². The molecule has 0 atom stereocenters. The van der Waals surface area contributed by atoms with Gasteiger partial charge in [0.25, 0.3) is 0 Å². The van der Waals surface area contributed by atoms with E-state index < -0.39 is 5.97 Å². The van der Waals surface area contributed by atoms with Crippen LogP contribution in [0.2, 0.25) is 0 Å². The first-order valence-electron chi connectivity index (χ1n) is 3.89. The largest absolute Gasteiger partial charge is 0.475 e. The van der Waals surface area contributed by atoms with Crippen molar-refractivity contribution in [1.29, 1.82) is 0 Å². The van der Waals surface area contributed by atoms with E-state index in [-0.39, 0.29) is 5.76 Å². The van der Waals surface area contributed by atoms with Crippen molar-refractivity contribution >= 4 is 5.97 Å². The van der Waals surface area contributed by atoms with E-state index in [4.69, 9.17) is 9.63 Å². The van der Waals surface area contributed by atoms with Gasteiger partial charge in [0.15, 0.2) is 0 Å². The van der Waals surface area contributed by atoms with Crippen molar-refractivity contribution in [2.75, 3.05) is 0 Å². The third kappa shape index (κ3) is 0.995. The van der Waals surface area contributed by atoms with Crippen molar-refractivity contribution in [2.24, 2.45) is 0 Å². The van der Waals surface area contributed by atoms with Crippen LogP contribution in [-0.4, -0.2) is 16.2 Å². The van der Waals surface area contributed by atoms with Gasteiger partial charge in [0.05, 0.1) is 5.69 Å². The standard InChI is InChI=1S/C8H9NO3/c1-4-6(5-2-3-5)9-12-7(4)8(10)11/h5H,2-3H2,1H3,(H,10,11). The Labute approximate surface area is 69.2 Å². The van der Waals surface area contributed by atoms with Gasteiger partial charge in [0, 0.05) is 11.5 Å². The summed E-state index contributed by atoms with van der Waals surface area (Å²) in [5.41, 5.74) is 1.51. The van der Waals surface area contributed by atoms with E-state index in [1.54, 1.807) is 6.92 Å². The molecule has 1 saturated carbocycles. The highest BCUT2D eigenvalue weighted by atomic mass is 16.5. The lowest BCUT2D eigenvalue weighted by Crippen LogP contribution is -1.96. The second-order valence-corrected chi connectivity index (χ2v) is 3.10. The molecule has 0 aromatic carbocycles. The van der Waals surface area contributed by atoms with Crippen LogP contribution in [0.5, 0.6) is 0 Å². The zero-order valence-corrected chi connectivity index (χ0v) is 6.70. The predicted molar refractivity (Wildman–Crippen MR) is 40.2 cm³/mol. The minimum Gasteiger partial charge on any atom is -0.475 e. The molecular weight excluding hydrogens is 158 g/mol. The summed E-state index contributed by atoms with van der Waals surface area (Å²) in [6, 6.07) is 0. The monoisotopic (exact) mass is 167 g/mol. The second-order valence-electron chi connectivity index (χ2n) is 3.10. The van der Waals surface area contributed by atoms with Gasteiger partial charge >= 0.3 is 5.97 Å². The Morgan fingerprint density at radius 2 is 2.33 bits per heavy atom. The van der Waals surface area contributed by atoms with E-state index >= 15 is 0 Å². The van der Waals surface area contributed by atoms with Crippen LogP contribution in [0, 0.1) is 6.92 Å². The molecule has 1 aromatic heterocycles. The minimum atomic E-state index is -1.04. The van der Waals surface area contributed by atoms with Crippen LogP contribution in [0.25, 0.3) is 0 Å². The lowest BCUT2D eigenvalue weighted by Gasteiger charge is -1.89. The highest BCUT2D eigenvalue weighted by Crippen LogP contribution is 2.41. The van der Waals surface area contributed by atoms with Gasteiger partial charge in [-0.1, -0.05) is 5.16 Å². The van der Waals surface area contributed by atoms with E-state index in [1.165, 1.54) is 0 Å². The van der Waals surface area contributed by atoms with E-state index in [0.29, 0.717) is 11.5 Å². The SMILES string of the molecule is Cc1c(C2CC2)noc1C(=O)O. The number of carboxylic acids is 1. The quantitative estimate of drug-likeness (QED) is 0.725. The fourth-order valence-corrected chi connectivity index (χ4v) is 1.29. The van der Waals surface area contributed by atoms with Gasteiger partial charge in [0.2, 0.25) is 5.76 Å². The molecule has 0 bridgehead atoms. The first-order valence-corrected chi connectivity index (χ1v) is 3.89. The highest BCUT2D eigenvalue weighted by molar-refractivity contribution is 5.86. The maximum Gasteiger partial charge on any atom is 0.375 e. The van der Waals surface area contributed by atoms with Crippen LogP contribution in [0.15, 0.2) is 4.52 Å². The molecule has 1 aliphatic rings. The zero-order valence-electron chi connectivity index (χ0n) is 6.70. The summed E-state index contributed by atoms with van der Waals surface area (Å²) in [7, 11) is 0. The molecule has 0 unspecified atom stereocenters. The molecule has 0 aliphatic heterocycles. The van der Waals surface area contributed by atoms with Gasteiger partial charge in [-0.3, -0.25) is 0 Å². The summed E-state index contributed by atoms with van der Waals surface area (Å²) in [6.07, 6.45) is 2.21. The zero-order chi connectivity index (χ0) is 8.72. The van der Waals surface area contributed by atoms with Gasteiger partial charge in [0.1, 0.15) is 0 Å². The second kappa shape index (κ2) is 2.33. The molecule has 0 radical (unpaired) electrons. The summed E-state index contributed by atoms with van der Waals surface area (Å²) in [5.74, 6) is -0.606. The summed E-state index contributed by atoms with van der Waals surface area (Å²) in [4.78, 5) is 10.5. The number of nitrogens with zero attached hydrogens (tertiary/aromatic N) is 1. The number of aromatic carboxylic acids is 1. The molecule has 4 heteroatoms. The summed E-state index contributed by atoms with van der Waals surface area (Å²) in [5, 5.41) is 12.4. The molecule has 4 nitrogen and oxygen atoms in total. The maximum absolute atomic E-state index is 10.5. The van der Waals surface area contributed by atoms with E-state index in [2.05, 4.69) is 5.16 Å². The molecule has 2 rings (SSSR count). The molecule has 0 amide bonds. The van der Waals surface area contributed by atoms with Gasteiger partial charge in [-0.2, -0.15) is 0 Å². The van der Waals surface area contributed by atoms with Crippen molar-refractivity contribution in [2.45, 2.75) is 25.7 Å². The lowest BCUT2D eigenvalue weighted by atomic mass is 10.1. The minimum absolute atomic E-state index is 0.0168. The van der Waals surface area contributed by atoms with Crippen molar-refractivity contribution < 1.29 is 14.4 Å². The third-order valence-corrected chi connectivity index (χ3v) is 2.12. The normalized spacial score (nSPS) is 16.4. The van der Waals surface area contributed by atoms with Gasteiger partial charge in [-0.15, -0.1) is 0 Å². The number of aromatic nitrogens is 1. The summed E-state index contributed by atoms with van der Waals surface area (Å²) in [6.45, 7) is 1.74. The first-order chi connectivity index (χ1) is 5.70. The van der Waals surface area contributed by atoms with Crippen molar-refractivity contribution in [3.05, 3.63) is 17.0 Å². The Kier molecular flexibility index (Phi) is 1.43. The van der Waals surface area contributed by atoms with Crippen LogP contribution >= 0.6 is 0 Å². The van der Waals surface area contributed by atoms with Gasteiger partial charge < -0.3 is 9.63 Å². The fourth-order valence-electron chi connectivity index (χ4n) is 1.29. The van der Waals surface area contributed by atoms with Crippen molar-refractivity contribution in [3.63, 3.8) is 0 Å². The highest BCUT2D eigenvalue weighted by Gasteiger charge is 2.31. The maximum atomic E-state index is 10.5. The van der Waals surface area contributed by atoms with Crippen LogP contribution < -0.4 is 0 Å². The number of carbonyl (C=O) groups is 1. The molecule has 0 spiro atoms. The van der Waals surface area contributed by atoms with Gasteiger partial charge in [-0.05, 0) is 19.8 Å². The van der Waals surface area contributed by atoms with Crippen LogP contribution in [-0.2, 0) is 0 Å². The molecule has 0 saturated heterocycles. The average Bonchev–Trinajstić information content (AvgIpc) is 2.75. The van der Waals surface area contributed by atoms with Gasteiger partial charge in [-0.25, -0.2) is 4.79 Å². The number of hydrogen-bond donors (Lipinski definition) is 1. The molecular formula is C8H9NO3. The molecule has 1 aromatic rings. The predicted octanol–water partition coefficient (Wildman–Crippen LogP) is 1.56. The molecule has 12 heavy (non-hydrogen) atoms. The number of hydrogen-bond acceptors (Lipinski definition) is 3. The summed E-state index contributed by atoms with van der Waals surface area (Å²) >= 11 is 0. The Bertz CT molecular complexity index is 325. The Morgan fingerprint density at radius 3 is 2.75 bits per heavy atom. The smallest absolute Gasteiger partial charge is 0.375 e. The molecule has 1 N–H and O–H groups in total. The molecule has 1 aliphatic carbocycles. The topological polar surface area (TPSA) is 63.3 Å². The molecule has 1 heterocycles. The molecule has 64 valence electrons. The van der Waals surface area contributed by atoms with Crippen LogP contribution in [0.3, 0.4) is 0 Å². The molecule has 1 fully saturated rings. The fraction of sp³-hybridized carbons (Fsp3) is 0.500. The third-order valence-electron chi connectivity index (χ3n) is 2.12. The van der Waals surface area contributed by atoms with Crippen molar-refractivity contribution in [3.8, 4) is 0 Å². The Hall–Kier alpha value is -1.32. The first kappa shape index (κ1) is 7.34. The lowest BCUT2D eigenvalue weighted by molar-refractivity contribution is 0.0651. The average molecular weight is 167 g/mol. The number of rotatable bonds is 2. The van der Waals surface area contributed by atoms with Crippen LogP contribution in [0.1, 0.15) is 40.6 Å². The number of carboxylic acid groups (broad SMARTS) is 1. The summed E-state index contributed by atoms with van der Waals surface area (Å²) < 4.78 is 4.71. The van der Waals surface area contributed by atoms with Crippen LogP contribution in [0.4, 0.5) is 0 Å². The Balaban J connectivity index is 2.39. The van der Waals surface area contributed by atoms with Crippen molar-refractivity contribution in [1.82, 2.24) is 5.16 Å².